The van der Waals surface area contributed by atoms with Crippen LogP contribution in [0.2, 0.25) is 0 Å². The van der Waals surface area contributed by atoms with E-state index in [9.17, 15) is 4.79 Å². The molecule has 0 aliphatic carbocycles. The van der Waals surface area contributed by atoms with Crippen LogP contribution in [0, 0.1) is 5.82 Å². The Morgan fingerprint density at radius 1 is 1.25 bits per heavy atom. The molecule has 3 aliphatic rings. The van der Waals surface area contributed by atoms with E-state index < -0.39 is 11.4 Å². The summed E-state index contributed by atoms with van der Waals surface area (Å²) < 4.78 is 20.5. The third-order valence-electron chi connectivity index (χ3n) is 5.47. The van der Waals surface area contributed by atoms with Gasteiger partial charge in [0.05, 0.1) is 17.8 Å². The molecule has 3 aliphatic heterocycles. The van der Waals surface area contributed by atoms with Gasteiger partial charge in [0.1, 0.15) is 11.9 Å². The second-order valence-corrected chi connectivity index (χ2v) is 7.41. The van der Waals surface area contributed by atoms with E-state index >= 15 is 4.39 Å². The van der Waals surface area contributed by atoms with Crippen molar-refractivity contribution < 1.29 is 8.81 Å². The van der Waals surface area contributed by atoms with Gasteiger partial charge in [-0.2, -0.15) is 0 Å². The third kappa shape index (κ3) is 2.82. The number of anilines is 1. The van der Waals surface area contributed by atoms with Crippen LogP contribution in [-0.2, 0) is 0 Å². The van der Waals surface area contributed by atoms with Gasteiger partial charge in [-0.1, -0.05) is 6.08 Å². The largest absolute Gasteiger partial charge is 0.419 e. The highest BCUT2D eigenvalue weighted by Gasteiger charge is 2.28. The predicted octanol–water partition coefficient (Wildman–Crippen LogP) is 2.57. The van der Waals surface area contributed by atoms with Crippen LogP contribution < -0.4 is 15.8 Å². The van der Waals surface area contributed by atoms with E-state index in [1.54, 1.807) is 12.1 Å². The van der Waals surface area contributed by atoms with Gasteiger partial charge >= 0.3 is 5.63 Å². The van der Waals surface area contributed by atoms with E-state index in [1.807, 2.05) is 41.1 Å². The van der Waals surface area contributed by atoms with Crippen LogP contribution in [0.1, 0.15) is 18.5 Å². The zero-order valence-electron chi connectivity index (χ0n) is 15.6. The molecule has 1 N–H and O–H groups in total. The average molecular weight is 380 g/mol. The quantitative estimate of drug-likeness (QED) is 0.812. The van der Waals surface area contributed by atoms with Gasteiger partial charge in [0.15, 0.2) is 11.4 Å². The summed E-state index contributed by atoms with van der Waals surface area (Å²) in [4.78, 5) is 21.3. The molecular weight excluding hydrogens is 359 g/mol. The Hall–Kier alpha value is -2.93. The van der Waals surface area contributed by atoms with Crippen molar-refractivity contribution in [1.29, 1.82) is 0 Å². The van der Waals surface area contributed by atoms with E-state index in [2.05, 4.69) is 10.3 Å². The number of piperazine rings is 1. The van der Waals surface area contributed by atoms with Crippen molar-refractivity contribution in [3.63, 3.8) is 0 Å². The van der Waals surface area contributed by atoms with Crippen LogP contribution in [0.4, 0.5) is 10.1 Å². The summed E-state index contributed by atoms with van der Waals surface area (Å²) in [6, 6.07) is 4.99. The standard InChI is InChI=1S/C21H21FN4O2/c1-13-2-5-18-24-16(12-26(18)11-13)15-10-14-3-4-17(25-8-6-23-7-9-25)19(22)20(14)28-21(15)27/h2-5,10-11,16,23H,6-9,12H2,1H3. The summed E-state index contributed by atoms with van der Waals surface area (Å²) in [5.41, 5.74) is 1.57. The minimum atomic E-state index is -0.525. The fourth-order valence-corrected chi connectivity index (χ4v) is 4.01. The highest BCUT2D eigenvalue weighted by molar-refractivity contribution is 5.96. The predicted molar refractivity (Wildman–Crippen MR) is 107 cm³/mol. The number of fused-ring (bicyclic) bond motifs is 2. The Morgan fingerprint density at radius 3 is 2.89 bits per heavy atom. The second-order valence-electron chi connectivity index (χ2n) is 7.41. The van der Waals surface area contributed by atoms with Gasteiger partial charge in [-0.25, -0.2) is 9.18 Å². The van der Waals surface area contributed by atoms with Crippen molar-refractivity contribution in [1.82, 2.24) is 10.2 Å². The van der Waals surface area contributed by atoms with E-state index in [-0.39, 0.29) is 11.6 Å². The summed E-state index contributed by atoms with van der Waals surface area (Å²) in [5.74, 6) is 0.357. The normalized spacial score (nSPS) is 21.7. The smallest absolute Gasteiger partial charge is 0.341 e. The number of amidine groups is 1. The zero-order valence-corrected chi connectivity index (χ0v) is 15.6. The molecule has 28 heavy (non-hydrogen) atoms. The Balaban J connectivity index is 1.52. The second kappa shape index (κ2) is 6.60. The Kier molecular flexibility index (Phi) is 4.05. The first-order valence-corrected chi connectivity index (χ1v) is 9.53. The van der Waals surface area contributed by atoms with Crippen LogP contribution in [-0.4, -0.2) is 43.5 Å². The zero-order chi connectivity index (χ0) is 19.3. The molecule has 1 aromatic carbocycles. The summed E-state index contributed by atoms with van der Waals surface area (Å²) >= 11 is 0. The number of hydrogen-bond acceptors (Lipinski definition) is 6. The van der Waals surface area contributed by atoms with Crippen LogP contribution >= 0.6 is 0 Å². The van der Waals surface area contributed by atoms with Crippen molar-refractivity contribution in [2.45, 2.75) is 13.0 Å². The topological polar surface area (TPSA) is 61.1 Å². The van der Waals surface area contributed by atoms with E-state index in [1.165, 1.54) is 0 Å². The lowest BCUT2D eigenvalue weighted by Gasteiger charge is -2.29. The number of nitrogens with zero attached hydrogens (tertiary/aromatic N) is 3. The third-order valence-corrected chi connectivity index (χ3v) is 5.47. The fourth-order valence-electron chi connectivity index (χ4n) is 4.01. The molecule has 4 heterocycles. The lowest BCUT2D eigenvalue weighted by atomic mass is 10.1. The summed E-state index contributed by atoms with van der Waals surface area (Å²) in [6.45, 7) is 5.65. The van der Waals surface area contributed by atoms with Crippen LogP contribution in [0.15, 0.2) is 56.3 Å². The highest BCUT2D eigenvalue weighted by atomic mass is 19.1. The Morgan fingerprint density at radius 2 is 2.07 bits per heavy atom. The molecule has 6 nitrogen and oxygen atoms in total. The number of halogens is 1. The first-order valence-electron chi connectivity index (χ1n) is 9.53. The lowest BCUT2D eigenvalue weighted by Crippen LogP contribution is -2.43. The summed E-state index contributed by atoms with van der Waals surface area (Å²) in [7, 11) is 0. The first-order chi connectivity index (χ1) is 13.6. The Labute approximate surface area is 161 Å². The van der Waals surface area contributed by atoms with Gasteiger partial charge in [0, 0.05) is 37.8 Å². The van der Waals surface area contributed by atoms with Gasteiger partial charge in [0.2, 0.25) is 0 Å². The fraction of sp³-hybridized carbons (Fsp3) is 0.333. The minimum Gasteiger partial charge on any atom is -0.419 e. The number of rotatable bonds is 2. The Bertz CT molecular complexity index is 1100. The molecule has 1 fully saturated rings. The van der Waals surface area contributed by atoms with Crippen molar-refractivity contribution in [2.24, 2.45) is 4.99 Å². The van der Waals surface area contributed by atoms with Gasteiger partial charge < -0.3 is 19.5 Å². The highest BCUT2D eigenvalue weighted by Crippen LogP contribution is 2.31. The van der Waals surface area contributed by atoms with Crippen LogP contribution in [0.25, 0.3) is 11.0 Å². The van der Waals surface area contributed by atoms with Gasteiger partial charge in [0.25, 0.3) is 0 Å². The maximum absolute atomic E-state index is 15.1. The molecule has 0 bridgehead atoms. The number of benzene rings is 1. The lowest BCUT2D eigenvalue weighted by molar-refractivity contribution is 0.492. The molecule has 144 valence electrons. The van der Waals surface area contributed by atoms with Crippen LogP contribution in [0.5, 0.6) is 0 Å². The minimum absolute atomic E-state index is 0.0174. The van der Waals surface area contributed by atoms with Crippen molar-refractivity contribution in [2.75, 3.05) is 37.6 Å². The van der Waals surface area contributed by atoms with E-state index in [0.717, 1.165) is 37.6 Å². The molecule has 5 rings (SSSR count). The maximum Gasteiger partial charge on any atom is 0.341 e. The molecule has 0 spiro atoms. The van der Waals surface area contributed by atoms with Crippen LogP contribution in [0.3, 0.4) is 0 Å². The summed E-state index contributed by atoms with van der Waals surface area (Å²) in [5, 5.41) is 3.83. The van der Waals surface area contributed by atoms with E-state index in [4.69, 9.17) is 4.42 Å². The monoisotopic (exact) mass is 380 g/mol. The van der Waals surface area contributed by atoms with Gasteiger partial charge in [-0.15, -0.1) is 0 Å². The molecule has 7 heteroatoms. The molecule has 1 atom stereocenters. The first kappa shape index (κ1) is 17.2. The molecule has 1 aromatic heterocycles. The molecule has 0 saturated carbocycles. The molecule has 2 aromatic rings. The van der Waals surface area contributed by atoms with Crippen molar-refractivity contribution >= 4 is 22.5 Å². The van der Waals surface area contributed by atoms with Gasteiger partial charge in [-0.05, 0) is 36.8 Å². The van der Waals surface area contributed by atoms with E-state index in [0.29, 0.717) is 23.2 Å². The molecule has 1 saturated heterocycles. The van der Waals surface area contributed by atoms with Crippen molar-refractivity contribution in [3.05, 3.63) is 63.9 Å². The van der Waals surface area contributed by atoms with Gasteiger partial charge in [-0.3, -0.25) is 4.99 Å². The number of nitrogens with one attached hydrogen (secondary N) is 1. The summed E-state index contributed by atoms with van der Waals surface area (Å²) in [6.07, 6.45) is 5.95. The maximum atomic E-state index is 15.1. The molecule has 0 amide bonds. The SMILES string of the molecule is CC1=CN2CC(c3cc4ccc(N5CCNCC5)c(F)c4oc3=O)N=C2C=C1. The number of hydrogen-bond donors (Lipinski definition) is 1. The molecule has 0 radical (unpaired) electrons. The number of aliphatic imine (C=N–C) groups is 1. The average Bonchev–Trinajstić information content (AvgIpc) is 3.12. The number of allylic oxidation sites excluding steroid dienone is 2. The van der Waals surface area contributed by atoms with Crippen molar-refractivity contribution in [3.8, 4) is 0 Å². The molecule has 1 unspecified atom stereocenters. The molecular formula is C21H21FN4O2.